The van der Waals surface area contributed by atoms with Gasteiger partial charge in [-0.25, -0.2) is 9.97 Å². The number of rotatable bonds is 5. The van der Waals surface area contributed by atoms with E-state index in [-0.39, 0.29) is 11.9 Å². The van der Waals surface area contributed by atoms with Gasteiger partial charge in [-0.05, 0) is 80.5 Å². The van der Waals surface area contributed by atoms with Gasteiger partial charge in [-0.3, -0.25) is 9.69 Å². The van der Waals surface area contributed by atoms with E-state index in [2.05, 4.69) is 27.4 Å². The number of carbonyl (C=O) groups excluding carboxylic acids is 1. The number of nitrogens with zero attached hydrogens (tertiary/aromatic N) is 4. The van der Waals surface area contributed by atoms with Crippen molar-refractivity contribution in [2.45, 2.75) is 81.5 Å². The first kappa shape index (κ1) is 24.0. The van der Waals surface area contributed by atoms with Gasteiger partial charge in [0.2, 0.25) is 0 Å². The van der Waals surface area contributed by atoms with Gasteiger partial charge in [0.25, 0.3) is 5.91 Å². The molecule has 194 valence electrons. The molecule has 4 unspecified atom stereocenters. The van der Waals surface area contributed by atoms with Gasteiger partial charge >= 0.3 is 0 Å². The van der Waals surface area contributed by atoms with Crippen LogP contribution >= 0.6 is 22.9 Å². The molecule has 1 aromatic carbocycles. The summed E-state index contributed by atoms with van der Waals surface area (Å²) in [5, 5.41) is 3.94. The topological polar surface area (TPSA) is 58.6 Å². The molecule has 2 aromatic heterocycles. The maximum atomic E-state index is 13.5. The average Bonchev–Trinajstić information content (AvgIpc) is 3.18. The second-order valence-electron chi connectivity index (χ2n) is 11.4. The van der Waals surface area contributed by atoms with Crippen LogP contribution in [0.2, 0.25) is 5.02 Å². The summed E-state index contributed by atoms with van der Waals surface area (Å²) in [5.74, 6) is 1.59. The Hall–Kier alpha value is -2.06. The zero-order valence-corrected chi connectivity index (χ0v) is 23.0. The molecule has 3 aromatic rings. The Balaban J connectivity index is 1.05. The maximum absolute atomic E-state index is 13.5. The predicted octanol–water partition coefficient (Wildman–Crippen LogP) is 5.78. The van der Waals surface area contributed by atoms with Crippen molar-refractivity contribution in [2.75, 3.05) is 20.3 Å². The molecule has 6 nitrogen and oxygen atoms in total. The van der Waals surface area contributed by atoms with E-state index in [0.717, 1.165) is 66.2 Å². The fraction of sp³-hybridized carbons (Fsp3) is 0.552. The molecular formula is C29H33ClN4O2S. The molecule has 3 saturated heterocycles. The standard InChI is InChI=1S/C29H33ClN4O2S/c1-16-31-27(23-8-10-37-28(23)32-16)25-14-24(25)22-6-3-17(11-26(22)30)29(35)33(2)21-12-18-4-5-19(13-21)34(18)20-7-9-36-15-20/h3,6,8,10-11,18-21,24-25H,4-5,7,9,12-15H2,1-2H3/t18?,19?,20-,21?,24?,25?/m1/s1. The highest BCUT2D eigenvalue weighted by Gasteiger charge is 2.46. The number of carbonyl (C=O) groups is 1. The fourth-order valence-electron chi connectivity index (χ4n) is 7.30. The molecule has 1 aliphatic carbocycles. The first-order valence-electron chi connectivity index (χ1n) is 13.6. The Labute approximate surface area is 227 Å². The smallest absolute Gasteiger partial charge is 0.253 e. The number of piperidine rings is 1. The number of hydrogen-bond acceptors (Lipinski definition) is 6. The van der Waals surface area contributed by atoms with Gasteiger partial charge in [0.05, 0.1) is 12.3 Å². The predicted molar refractivity (Wildman–Crippen MR) is 147 cm³/mol. The van der Waals surface area contributed by atoms with Crippen LogP contribution in [0.3, 0.4) is 0 Å². The quantitative estimate of drug-likeness (QED) is 0.413. The van der Waals surface area contributed by atoms with Crippen molar-refractivity contribution in [3.63, 3.8) is 0 Å². The molecule has 1 amide bonds. The van der Waals surface area contributed by atoms with Gasteiger partial charge in [0.1, 0.15) is 10.7 Å². The Bertz CT molecular complexity index is 1340. The third-order valence-electron chi connectivity index (χ3n) is 9.21. The third-order valence-corrected chi connectivity index (χ3v) is 10.3. The number of fused-ring (bicyclic) bond motifs is 3. The van der Waals surface area contributed by atoms with E-state index in [4.69, 9.17) is 21.3 Å². The normalized spacial score (nSPS) is 31.2. The maximum Gasteiger partial charge on any atom is 0.253 e. The molecule has 0 spiro atoms. The lowest BCUT2D eigenvalue weighted by atomic mass is 9.93. The Kier molecular flexibility index (Phi) is 6.03. The molecule has 1 saturated carbocycles. The van der Waals surface area contributed by atoms with E-state index in [1.54, 1.807) is 11.3 Å². The van der Waals surface area contributed by atoms with Gasteiger partial charge in [0.15, 0.2) is 0 Å². The zero-order chi connectivity index (χ0) is 25.3. The summed E-state index contributed by atoms with van der Waals surface area (Å²) in [4.78, 5) is 28.7. The molecule has 7 rings (SSSR count). The lowest BCUT2D eigenvalue weighted by molar-refractivity contribution is 0.0294. The van der Waals surface area contributed by atoms with Crippen molar-refractivity contribution in [1.82, 2.24) is 19.8 Å². The summed E-state index contributed by atoms with van der Waals surface area (Å²) in [6.45, 7) is 3.72. The lowest BCUT2D eigenvalue weighted by Gasteiger charge is -2.44. The summed E-state index contributed by atoms with van der Waals surface area (Å²) in [6, 6.07) is 10.0. The Morgan fingerprint density at radius 1 is 1.08 bits per heavy atom. The van der Waals surface area contributed by atoms with Crippen molar-refractivity contribution in [2.24, 2.45) is 0 Å². The summed E-state index contributed by atoms with van der Waals surface area (Å²) >= 11 is 8.47. The van der Waals surface area contributed by atoms with Crippen LogP contribution in [-0.2, 0) is 4.74 Å². The number of hydrogen-bond donors (Lipinski definition) is 0. The Morgan fingerprint density at radius 2 is 1.89 bits per heavy atom. The van der Waals surface area contributed by atoms with Crippen molar-refractivity contribution < 1.29 is 9.53 Å². The SMILES string of the molecule is Cc1nc(C2CC2c2ccc(C(=O)N(C)C3CC4CCC(C3)N4[C@@H]3CCOC3)cc2Cl)c2ccsc2n1. The van der Waals surface area contributed by atoms with Gasteiger partial charge in [-0.2, -0.15) is 0 Å². The van der Waals surface area contributed by atoms with Crippen molar-refractivity contribution >= 4 is 39.1 Å². The minimum Gasteiger partial charge on any atom is -0.380 e. The van der Waals surface area contributed by atoms with Crippen molar-refractivity contribution in [1.29, 1.82) is 0 Å². The second kappa shape index (κ2) is 9.30. The monoisotopic (exact) mass is 536 g/mol. The number of ether oxygens (including phenoxy) is 1. The lowest BCUT2D eigenvalue weighted by Crippen LogP contribution is -2.54. The van der Waals surface area contributed by atoms with Gasteiger partial charge < -0.3 is 9.64 Å². The van der Waals surface area contributed by atoms with E-state index in [0.29, 0.717) is 40.5 Å². The van der Waals surface area contributed by atoms with Crippen molar-refractivity contribution in [3.05, 3.63) is 57.3 Å². The number of aromatic nitrogens is 2. The first-order chi connectivity index (χ1) is 18.0. The van der Waals surface area contributed by atoms with Crippen LogP contribution < -0.4 is 0 Å². The van der Waals surface area contributed by atoms with E-state index < -0.39 is 0 Å². The summed E-state index contributed by atoms with van der Waals surface area (Å²) in [7, 11) is 1.98. The van der Waals surface area contributed by atoms with E-state index >= 15 is 0 Å². The highest BCUT2D eigenvalue weighted by Crippen LogP contribution is 2.57. The van der Waals surface area contributed by atoms with Crippen LogP contribution in [-0.4, -0.2) is 70.1 Å². The van der Waals surface area contributed by atoms with Crippen LogP contribution in [0.25, 0.3) is 10.2 Å². The molecule has 4 aliphatic rings. The molecule has 8 heteroatoms. The molecule has 2 bridgehead atoms. The Morgan fingerprint density at radius 3 is 2.62 bits per heavy atom. The van der Waals surface area contributed by atoms with Crippen molar-refractivity contribution in [3.8, 4) is 0 Å². The number of thiophene rings is 1. The second-order valence-corrected chi connectivity index (χ2v) is 12.7. The van der Waals surface area contributed by atoms with Crippen LogP contribution in [0.1, 0.15) is 77.8 Å². The highest BCUT2D eigenvalue weighted by atomic mass is 35.5. The molecule has 0 radical (unpaired) electrons. The van der Waals surface area contributed by atoms with E-state index in [9.17, 15) is 4.79 Å². The zero-order valence-electron chi connectivity index (χ0n) is 21.4. The summed E-state index contributed by atoms with van der Waals surface area (Å²) in [5.41, 5.74) is 2.94. The molecular weight excluding hydrogens is 504 g/mol. The minimum atomic E-state index is 0.0780. The van der Waals surface area contributed by atoms with Crippen LogP contribution in [0.15, 0.2) is 29.6 Å². The number of benzene rings is 1. The van der Waals surface area contributed by atoms with Crippen LogP contribution in [0, 0.1) is 6.92 Å². The van der Waals surface area contributed by atoms with E-state index in [1.165, 1.54) is 12.8 Å². The largest absolute Gasteiger partial charge is 0.380 e. The molecule has 5 heterocycles. The average molecular weight is 537 g/mol. The molecule has 3 aliphatic heterocycles. The van der Waals surface area contributed by atoms with Gasteiger partial charge in [-0.15, -0.1) is 11.3 Å². The summed E-state index contributed by atoms with van der Waals surface area (Å²) < 4.78 is 5.67. The number of halogens is 1. The minimum absolute atomic E-state index is 0.0780. The molecule has 37 heavy (non-hydrogen) atoms. The van der Waals surface area contributed by atoms with Crippen LogP contribution in [0.4, 0.5) is 0 Å². The summed E-state index contributed by atoms with van der Waals surface area (Å²) in [6.07, 6.45) is 6.77. The number of amides is 1. The molecule has 4 fully saturated rings. The third kappa shape index (κ3) is 4.19. The molecule has 5 atom stereocenters. The van der Waals surface area contributed by atoms with E-state index in [1.807, 2.05) is 31.0 Å². The van der Waals surface area contributed by atoms with Gasteiger partial charge in [0, 0.05) is 59.7 Å². The van der Waals surface area contributed by atoms with Crippen LogP contribution in [0.5, 0.6) is 0 Å². The number of aryl methyl sites for hydroxylation is 1. The van der Waals surface area contributed by atoms with Gasteiger partial charge in [-0.1, -0.05) is 17.7 Å². The first-order valence-corrected chi connectivity index (χ1v) is 14.9. The molecule has 0 N–H and O–H groups in total. The fourth-order valence-corrected chi connectivity index (χ4v) is 8.44. The highest BCUT2D eigenvalue weighted by molar-refractivity contribution is 7.16.